The van der Waals surface area contributed by atoms with E-state index in [1.54, 1.807) is 0 Å². The SMILES string of the molecule is C=COc1ccc(C(=O)Oc2ccc(C(=O)SCCC(F)(F)C(F)(F)C(F)(F)C(F)(F)C(F)(F)C(F)(F)F)cc2)cc1. The van der Waals surface area contributed by atoms with Gasteiger partial charge in [0.05, 0.1) is 11.8 Å². The Balaban J connectivity index is 2.05. The van der Waals surface area contributed by atoms with Gasteiger partial charge in [0.2, 0.25) is 5.12 Å². The van der Waals surface area contributed by atoms with Crippen molar-refractivity contribution in [2.45, 2.75) is 42.2 Å². The maximum absolute atomic E-state index is 13.9. The Labute approximate surface area is 231 Å². The lowest BCUT2D eigenvalue weighted by Crippen LogP contribution is -2.70. The molecule has 0 fully saturated rings. The van der Waals surface area contributed by atoms with Gasteiger partial charge in [-0.25, -0.2) is 4.79 Å². The fourth-order valence-corrected chi connectivity index (χ4v) is 3.75. The van der Waals surface area contributed by atoms with E-state index in [2.05, 4.69) is 6.58 Å². The molecule has 0 aromatic heterocycles. The van der Waals surface area contributed by atoms with E-state index in [-0.39, 0.29) is 28.6 Å². The van der Waals surface area contributed by atoms with E-state index in [9.17, 15) is 66.7 Å². The Hall–Kier alpha value is -3.44. The summed E-state index contributed by atoms with van der Waals surface area (Å²) in [7, 11) is 0. The van der Waals surface area contributed by atoms with E-state index >= 15 is 0 Å². The van der Waals surface area contributed by atoms with Crippen LogP contribution in [0.1, 0.15) is 27.1 Å². The highest BCUT2D eigenvalue weighted by molar-refractivity contribution is 8.14. The number of alkyl halides is 13. The summed E-state index contributed by atoms with van der Waals surface area (Å²) >= 11 is -0.217. The average Bonchev–Trinajstić information content (AvgIpc) is 2.88. The van der Waals surface area contributed by atoms with Crippen LogP contribution in [0.4, 0.5) is 57.1 Å². The average molecular weight is 646 g/mol. The molecule has 2 aromatic carbocycles. The zero-order valence-corrected chi connectivity index (χ0v) is 21.1. The van der Waals surface area contributed by atoms with E-state index in [4.69, 9.17) is 9.47 Å². The van der Waals surface area contributed by atoms with Gasteiger partial charge in [-0.2, -0.15) is 57.1 Å². The molecule has 232 valence electrons. The number of thioether (sulfide) groups is 1. The van der Waals surface area contributed by atoms with Crippen LogP contribution >= 0.6 is 11.8 Å². The molecule has 0 aliphatic rings. The van der Waals surface area contributed by atoms with Crippen LogP contribution in [-0.4, -0.2) is 52.6 Å². The number of esters is 1. The number of carbonyl (C=O) groups is 2. The molecule has 0 amide bonds. The van der Waals surface area contributed by atoms with E-state index in [0.717, 1.165) is 30.5 Å². The third-order valence-corrected chi connectivity index (χ3v) is 6.16. The lowest BCUT2D eigenvalue weighted by Gasteiger charge is -2.39. The molecule has 42 heavy (non-hydrogen) atoms. The summed E-state index contributed by atoms with van der Waals surface area (Å²) in [6, 6.07) is 9.56. The van der Waals surface area contributed by atoms with Crippen LogP contribution < -0.4 is 9.47 Å². The maximum Gasteiger partial charge on any atom is 0.460 e. The first-order valence-electron chi connectivity index (χ1n) is 10.9. The molecule has 0 unspecified atom stereocenters. The predicted molar refractivity (Wildman–Crippen MR) is 121 cm³/mol. The topological polar surface area (TPSA) is 52.6 Å². The number of ether oxygens (including phenoxy) is 2. The van der Waals surface area contributed by atoms with Crippen molar-refractivity contribution in [2.75, 3.05) is 5.75 Å². The van der Waals surface area contributed by atoms with Gasteiger partial charge >= 0.3 is 41.8 Å². The molecule has 18 heteroatoms. The van der Waals surface area contributed by atoms with E-state index in [1.165, 1.54) is 24.3 Å². The summed E-state index contributed by atoms with van der Waals surface area (Å²) in [6.07, 6.45) is -8.86. The van der Waals surface area contributed by atoms with Gasteiger partial charge in [0.25, 0.3) is 0 Å². The third kappa shape index (κ3) is 6.62. The minimum atomic E-state index is -7.98. The van der Waals surface area contributed by atoms with Crippen LogP contribution in [0.5, 0.6) is 11.5 Å². The maximum atomic E-state index is 13.9. The number of carbonyl (C=O) groups excluding carboxylic acids is 2. The Bertz CT molecular complexity index is 1270. The fourth-order valence-electron chi connectivity index (χ4n) is 2.91. The molecule has 2 aromatic rings. The molecule has 0 bridgehead atoms. The van der Waals surface area contributed by atoms with Crippen molar-refractivity contribution in [3.05, 3.63) is 72.5 Å². The van der Waals surface area contributed by atoms with Gasteiger partial charge < -0.3 is 9.47 Å². The first-order chi connectivity index (χ1) is 19.0. The normalized spacial score (nSPS) is 13.5. The number of halogens is 13. The molecule has 0 heterocycles. The van der Waals surface area contributed by atoms with Gasteiger partial charge in [0.15, 0.2) is 0 Å². The number of benzene rings is 2. The first-order valence-corrected chi connectivity index (χ1v) is 11.8. The van der Waals surface area contributed by atoms with Gasteiger partial charge in [-0.1, -0.05) is 18.3 Å². The molecule has 2 rings (SSSR count). The second-order valence-corrected chi connectivity index (χ2v) is 9.18. The summed E-state index contributed by atoms with van der Waals surface area (Å²) in [6.45, 7) is 3.35. The first kappa shape index (κ1) is 34.8. The lowest BCUT2D eigenvalue weighted by molar-refractivity contribution is -0.439. The highest BCUT2D eigenvalue weighted by atomic mass is 32.2. The van der Waals surface area contributed by atoms with Gasteiger partial charge in [-0.05, 0) is 48.5 Å². The number of hydrogen-bond acceptors (Lipinski definition) is 5. The second-order valence-electron chi connectivity index (χ2n) is 8.11. The zero-order chi connectivity index (χ0) is 32.4. The molecule has 0 saturated carbocycles. The van der Waals surface area contributed by atoms with Crippen LogP contribution in [0.3, 0.4) is 0 Å². The largest absolute Gasteiger partial charge is 0.466 e. The Morgan fingerprint density at radius 1 is 0.667 bits per heavy atom. The molecule has 4 nitrogen and oxygen atoms in total. The molecule has 0 N–H and O–H groups in total. The Kier molecular flexibility index (Phi) is 9.97. The highest BCUT2D eigenvalue weighted by Crippen LogP contribution is 2.60. The summed E-state index contributed by atoms with van der Waals surface area (Å²) in [5.74, 6) is -39.5. The standard InChI is InChI=1S/C24H15F13O4S/c1-2-40-15-7-3-13(4-8-15)17(38)41-16-9-5-14(6-10-16)18(39)42-12-11-19(25,26)20(27,28)21(29,30)22(31,32)23(33,34)24(35,36)37/h2-10H,1,11-12H2. The Morgan fingerprint density at radius 2 is 1.12 bits per heavy atom. The van der Waals surface area contributed by atoms with Gasteiger partial charge in [0.1, 0.15) is 11.5 Å². The molecular formula is C24H15F13O4S. The molecule has 0 radical (unpaired) electrons. The predicted octanol–water partition coefficient (Wildman–Crippen LogP) is 8.43. The van der Waals surface area contributed by atoms with Crippen molar-refractivity contribution >= 4 is 22.8 Å². The quantitative estimate of drug-likeness (QED) is 0.100. The van der Waals surface area contributed by atoms with Crippen molar-refractivity contribution < 1.29 is 76.1 Å². The second kappa shape index (κ2) is 12.0. The van der Waals surface area contributed by atoms with Crippen molar-refractivity contribution in [1.29, 1.82) is 0 Å². The van der Waals surface area contributed by atoms with E-state index < -0.39 is 59.0 Å². The number of rotatable bonds is 12. The molecule has 0 spiro atoms. The highest BCUT2D eigenvalue weighted by Gasteiger charge is 2.90. The van der Waals surface area contributed by atoms with Crippen molar-refractivity contribution in [3.8, 4) is 11.5 Å². The zero-order valence-electron chi connectivity index (χ0n) is 20.3. The van der Waals surface area contributed by atoms with Gasteiger partial charge in [-0.3, -0.25) is 4.79 Å². The minimum absolute atomic E-state index is 0.0744. The minimum Gasteiger partial charge on any atom is -0.466 e. The van der Waals surface area contributed by atoms with Crippen LogP contribution in [0.15, 0.2) is 61.4 Å². The summed E-state index contributed by atoms with van der Waals surface area (Å²) in [4.78, 5) is 24.3. The molecular weight excluding hydrogens is 631 g/mol. The number of hydrogen-bond donors (Lipinski definition) is 0. The van der Waals surface area contributed by atoms with Crippen molar-refractivity contribution in [1.82, 2.24) is 0 Å². The fraction of sp³-hybridized carbons (Fsp3) is 0.333. The lowest BCUT2D eigenvalue weighted by atomic mass is 9.93. The van der Waals surface area contributed by atoms with Crippen molar-refractivity contribution in [2.24, 2.45) is 0 Å². The molecule has 0 aliphatic heterocycles. The summed E-state index contributed by atoms with van der Waals surface area (Å²) in [5.41, 5.74) is -0.257. The monoisotopic (exact) mass is 646 g/mol. The van der Waals surface area contributed by atoms with Crippen LogP contribution in [0, 0.1) is 0 Å². The molecule has 0 aliphatic carbocycles. The van der Waals surface area contributed by atoms with Crippen LogP contribution in [0.2, 0.25) is 0 Å². The summed E-state index contributed by atoms with van der Waals surface area (Å²) in [5, 5.41) is -1.16. The van der Waals surface area contributed by atoms with E-state index in [0.29, 0.717) is 5.75 Å². The Morgan fingerprint density at radius 3 is 1.60 bits per heavy atom. The van der Waals surface area contributed by atoms with Gasteiger partial charge in [0, 0.05) is 17.7 Å². The van der Waals surface area contributed by atoms with Crippen LogP contribution in [0.25, 0.3) is 0 Å². The van der Waals surface area contributed by atoms with Crippen LogP contribution in [-0.2, 0) is 0 Å². The van der Waals surface area contributed by atoms with E-state index in [1.807, 2.05) is 0 Å². The molecule has 0 saturated heterocycles. The third-order valence-electron chi connectivity index (χ3n) is 5.26. The van der Waals surface area contributed by atoms with Gasteiger partial charge in [-0.15, -0.1) is 0 Å². The van der Waals surface area contributed by atoms with Crippen molar-refractivity contribution in [3.63, 3.8) is 0 Å². The smallest absolute Gasteiger partial charge is 0.460 e. The summed E-state index contributed by atoms with van der Waals surface area (Å²) < 4.78 is 181. The molecule has 0 atom stereocenters.